The van der Waals surface area contributed by atoms with Gasteiger partial charge < -0.3 is 4.57 Å². The maximum Gasteiger partial charge on any atom is 0.209 e. The summed E-state index contributed by atoms with van der Waals surface area (Å²) in [5.41, 5.74) is 0.651. The lowest BCUT2D eigenvalue weighted by atomic mass is 9.95. The van der Waals surface area contributed by atoms with Crippen LogP contribution in [0.3, 0.4) is 0 Å². The van der Waals surface area contributed by atoms with Gasteiger partial charge in [-0.15, -0.1) is 0 Å². The van der Waals surface area contributed by atoms with Crippen LogP contribution in [0.1, 0.15) is 17.0 Å². The Morgan fingerprint density at radius 2 is 0.909 bits per heavy atom. The molecule has 66 heavy (non-hydrogen) atoms. The standard InChI is InChI=1S/C44H14Cl18N4/c45-15-5-1-6-16(46)25(15)28-29(26-17(47)7-2-8-18(26)48)39-35(57)36-30(27-19(49)9-3-10-20(27)50)41(58)44(61,64-36)43(59,60)42-34(56)33(55)40(66(42)62)32(54)24-14-13-23(63-24)31(53)38(28)65(39)37-21(51)11-4-12-22(37)52/h1-14H. The molecule has 8 bridgehead atoms. The Morgan fingerprint density at radius 3 is 1.39 bits per heavy atom. The van der Waals surface area contributed by atoms with Crippen LogP contribution >= 0.6 is 209 Å². The molecule has 0 saturated carbocycles. The smallest absolute Gasteiger partial charge is 0.209 e. The van der Waals surface area contributed by atoms with Crippen molar-refractivity contribution in [2.24, 2.45) is 9.98 Å². The van der Waals surface area contributed by atoms with Gasteiger partial charge in [0.2, 0.25) is 9.33 Å². The third-order valence-electron chi connectivity index (χ3n) is 10.6. The molecule has 336 valence electrons. The molecular formula is C44H14Cl18N4. The monoisotopic (exact) mass is 1230 g/mol. The Hall–Kier alpha value is -1.04. The molecule has 4 aromatic carbocycles. The highest BCUT2D eigenvalue weighted by Crippen LogP contribution is 2.62. The van der Waals surface area contributed by atoms with E-state index in [9.17, 15) is 0 Å². The number of hydrogen-bond donors (Lipinski definition) is 0. The zero-order valence-corrected chi connectivity index (χ0v) is 45.3. The van der Waals surface area contributed by atoms with Crippen molar-refractivity contribution in [1.29, 1.82) is 0 Å². The Balaban J connectivity index is 1.69. The molecule has 0 spiro atoms. The van der Waals surface area contributed by atoms with Crippen molar-refractivity contribution in [3.8, 4) is 27.9 Å². The van der Waals surface area contributed by atoms with Gasteiger partial charge in [0.05, 0.1) is 95.2 Å². The number of aliphatic imine (C=N–C) groups is 2. The number of halogens is 18. The van der Waals surface area contributed by atoms with E-state index in [1.807, 2.05) is 0 Å². The fourth-order valence-electron chi connectivity index (χ4n) is 7.79. The van der Waals surface area contributed by atoms with Gasteiger partial charge in [-0.05, 0) is 60.7 Å². The van der Waals surface area contributed by atoms with E-state index >= 15 is 0 Å². The molecule has 4 nitrogen and oxygen atoms in total. The highest BCUT2D eigenvalue weighted by atomic mass is 35.5. The van der Waals surface area contributed by atoms with Crippen LogP contribution in [-0.4, -0.2) is 25.1 Å². The number of para-hydroxylation sites is 1. The quantitative estimate of drug-likeness (QED) is 0.125. The summed E-state index contributed by atoms with van der Waals surface area (Å²) in [5.74, 6) is 0. The van der Waals surface area contributed by atoms with Gasteiger partial charge >= 0.3 is 0 Å². The molecule has 5 heterocycles. The van der Waals surface area contributed by atoms with Crippen LogP contribution in [0.2, 0.25) is 50.2 Å². The first-order chi connectivity index (χ1) is 31.1. The summed E-state index contributed by atoms with van der Waals surface area (Å²) in [6.45, 7) is 0. The maximum atomic E-state index is 8.01. The minimum absolute atomic E-state index is 0.00732. The third-order valence-corrected chi connectivity index (χ3v) is 17.6. The third kappa shape index (κ3) is 7.63. The minimum atomic E-state index is -2.55. The lowest BCUT2D eigenvalue weighted by Gasteiger charge is -2.33. The lowest BCUT2D eigenvalue weighted by Crippen LogP contribution is -2.38. The summed E-state index contributed by atoms with van der Waals surface area (Å²) in [5, 5.41) is -0.191. The van der Waals surface area contributed by atoms with E-state index in [1.54, 1.807) is 89.5 Å². The molecule has 0 saturated heterocycles. The zero-order chi connectivity index (χ0) is 47.6. The van der Waals surface area contributed by atoms with Crippen molar-refractivity contribution in [3.05, 3.63) is 174 Å². The Kier molecular flexibility index (Phi) is 14.0. The van der Waals surface area contributed by atoms with Crippen LogP contribution < -0.4 is 10.7 Å². The van der Waals surface area contributed by atoms with Crippen LogP contribution in [0.15, 0.2) is 106 Å². The maximum absolute atomic E-state index is 8.01. The van der Waals surface area contributed by atoms with Gasteiger partial charge in [0, 0.05) is 65.3 Å². The highest BCUT2D eigenvalue weighted by molar-refractivity contribution is 6.73. The molecule has 3 aliphatic rings. The van der Waals surface area contributed by atoms with Gasteiger partial charge in [-0.1, -0.05) is 221 Å². The molecule has 22 heteroatoms. The molecule has 9 rings (SSSR count). The summed E-state index contributed by atoms with van der Waals surface area (Å²) in [7, 11) is 0. The number of allylic oxidation sites excluding steroid dienone is 3. The van der Waals surface area contributed by atoms with E-state index in [0.717, 1.165) is 4.09 Å². The molecule has 0 amide bonds. The van der Waals surface area contributed by atoms with E-state index in [-0.39, 0.29) is 149 Å². The van der Waals surface area contributed by atoms with Crippen LogP contribution in [-0.2, 0) is 4.33 Å². The first-order valence-corrected chi connectivity index (χ1v) is 25.0. The van der Waals surface area contributed by atoms with Gasteiger partial charge in [0.15, 0.2) is 0 Å². The van der Waals surface area contributed by atoms with Gasteiger partial charge in [-0.25, -0.2) is 9.08 Å². The first kappa shape index (κ1) is 49.9. The van der Waals surface area contributed by atoms with E-state index < -0.39 is 9.33 Å². The van der Waals surface area contributed by atoms with Crippen molar-refractivity contribution in [1.82, 2.24) is 8.65 Å². The van der Waals surface area contributed by atoms with E-state index in [2.05, 4.69) is 0 Å². The summed E-state index contributed by atoms with van der Waals surface area (Å²) in [6.07, 6.45) is 3.14. The zero-order valence-electron chi connectivity index (χ0n) is 31.7. The molecule has 0 N–H and O–H groups in total. The second-order valence-corrected chi connectivity index (χ2v) is 22.0. The Bertz CT molecular complexity index is 3400. The molecule has 0 aliphatic carbocycles. The predicted molar refractivity (Wildman–Crippen MR) is 288 cm³/mol. The molecular weight excluding hydrogens is 1220 g/mol. The van der Waals surface area contributed by atoms with Crippen LogP contribution in [0.25, 0.3) is 48.6 Å². The first-order valence-electron chi connectivity index (χ1n) is 18.3. The van der Waals surface area contributed by atoms with Crippen LogP contribution in [0.4, 0.5) is 0 Å². The van der Waals surface area contributed by atoms with Crippen molar-refractivity contribution in [3.63, 3.8) is 0 Å². The van der Waals surface area contributed by atoms with Crippen molar-refractivity contribution < 1.29 is 0 Å². The number of fused-ring (bicyclic) bond motifs is 6. The van der Waals surface area contributed by atoms with Gasteiger partial charge in [-0.2, -0.15) is 0 Å². The number of benzene rings is 4. The molecule has 1 atom stereocenters. The normalized spacial score (nSPS) is 18.0. The average molecular weight is 1240 g/mol. The molecule has 0 fully saturated rings. The highest BCUT2D eigenvalue weighted by Gasteiger charge is 2.60. The minimum Gasteiger partial charge on any atom is -0.303 e. The van der Waals surface area contributed by atoms with Gasteiger partial charge in [0.1, 0.15) is 0 Å². The second kappa shape index (κ2) is 18.5. The summed E-state index contributed by atoms with van der Waals surface area (Å²) < 4.78 is -0.0534. The molecule has 2 aromatic heterocycles. The number of rotatable bonds is 4. The Morgan fingerprint density at radius 1 is 0.470 bits per heavy atom. The Labute approximate surface area is 465 Å². The van der Waals surface area contributed by atoms with Gasteiger partial charge in [-0.3, -0.25) is 4.99 Å². The number of aromatic nitrogens is 2. The van der Waals surface area contributed by atoms with E-state index in [4.69, 9.17) is 219 Å². The van der Waals surface area contributed by atoms with Crippen molar-refractivity contribution in [2.45, 2.75) is 9.33 Å². The molecule has 3 aliphatic heterocycles. The van der Waals surface area contributed by atoms with Gasteiger partial charge in [0.25, 0.3) is 0 Å². The molecule has 6 aromatic rings. The topological polar surface area (TPSA) is 34.6 Å². The summed E-state index contributed by atoms with van der Waals surface area (Å²) in [4.78, 5) is 7.34. The van der Waals surface area contributed by atoms with Crippen molar-refractivity contribution >= 4 is 241 Å². The molecule has 1 unspecified atom stereocenters. The fourth-order valence-corrected chi connectivity index (χ4v) is 13.7. The second-order valence-electron chi connectivity index (χ2n) is 14.3. The average Bonchev–Trinajstić information content (AvgIpc) is 3.99. The number of hydrogen-bond acceptors (Lipinski definition) is 2. The largest absolute Gasteiger partial charge is 0.303 e. The van der Waals surface area contributed by atoms with E-state index in [0.29, 0.717) is 0 Å². The number of alkyl halides is 3. The van der Waals surface area contributed by atoms with Crippen LogP contribution in [0, 0.1) is 0 Å². The van der Waals surface area contributed by atoms with E-state index in [1.165, 1.54) is 0 Å². The lowest BCUT2D eigenvalue weighted by molar-refractivity contribution is 0.631. The fraction of sp³-hybridized carbons (Fsp3) is 0.0455. The SMILES string of the molecule is ClC1=C2C=CC(=N2)C(Cl)=c2c(-c3c(Cl)cccc3Cl)c(-c3c(Cl)cccc3Cl)c(n2-c2c(Cl)cccc2Cl)=C(Cl)C2=NC(Cl)(C(Cl)=C2c2c(Cl)cccc2Cl)C(Cl)(Cl)c2c(Cl)c(Cl)c1n2Cl. The number of nitrogens with zero attached hydrogens (tertiary/aromatic N) is 4. The van der Waals surface area contributed by atoms with Crippen LogP contribution in [0.5, 0.6) is 0 Å². The summed E-state index contributed by atoms with van der Waals surface area (Å²) >= 11 is 131. The summed E-state index contributed by atoms with van der Waals surface area (Å²) in [6, 6.07) is 19.4. The molecule has 0 radical (unpaired) electrons. The van der Waals surface area contributed by atoms with Crippen molar-refractivity contribution in [2.75, 3.05) is 0 Å². The predicted octanol–water partition coefficient (Wildman–Crippen LogP) is 19.1.